The molecule has 4 aliphatic heterocycles. The first-order chi connectivity index (χ1) is 13.5. The van der Waals surface area contributed by atoms with E-state index in [1.165, 1.54) is 17.9 Å². The van der Waals surface area contributed by atoms with Crippen LogP contribution >= 0.6 is 0 Å². The van der Waals surface area contributed by atoms with Crippen LogP contribution in [0.3, 0.4) is 0 Å². The Morgan fingerprint density at radius 2 is 1.90 bits per heavy atom. The first-order valence-corrected chi connectivity index (χ1v) is 9.13. The van der Waals surface area contributed by atoms with Gasteiger partial charge >= 0.3 is 35.7 Å². The number of alkyl halides is 3. The number of piperidine rings is 1. The van der Waals surface area contributed by atoms with Crippen molar-refractivity contribution in [3.05, 3.63) is 22.9 Å². The van der Waals surface area contributed by atoms with Crippen LogP contribution in [-0.4, -0.2) is 76.3 Å². The van der Waals surface area contributed by atoms with Crippen LogP contribution in [0.25, 0.3) is 0 Å². The minimum absolute atomic E-state index is 0. The Bertz CT molecular complexity index is 900. The van der Waals surface area contributed by atoms with Gasteiger partial charge in [0.1, 0.15) is 12.6 Å². The molecule has 0 saturated carbocycles. The van der Waals surface area contributed by atoms with Crippen molar-refractivity contribution in [2.24, 2.45) is 5.92 Å². The summed E-state index contributed by atoms with van der Waals surface area (Å²) < 4.78 is 37.9. The Morgan fingerprint density at radius 3 is 2.47 bits per heavy atom. The van der Waals surface area contributed by atoms with Crippen LogP contribution in [0.5, 0.6) is 0 Å². The summed E-state index contributed by atoms with van der Waals surface area (Å²) in [5.41, 5.74) is -0.0732. The zero-order valence-electron chi connectivity index (χ0n) is 16.4. The predicted octanol–water partition coefficient (Wildman–Crippen LogP) is -3.82. The molecular weight excluding hydrogens is 418 g/mol. The zero-order valence-corrected chi connectivity index (χ0v) is 18.4. The van der Waals surface area contributed by atoms with E-state index in [4.69, 9.17) is 0 Å². The molecule has 0 N–H and O–H groups in total. The van der Waals surface area contributed by atoms with Gasteiger partial charge in [0.05, 0.1) is 17.7 Å². The van der Waals surface area contributed by atoms with Gasteiger partial charge in [-0.15, -0.1) is 0 Å². The van der Waals surface area contributed by atoms with Crippen molar-refractivity contribution >= 4 is 23.7 Å². The summed E-state index contributed by atoms with van der Waals surface area (Å²) >= 11 is 0. The van der Waals surface area contributed by atoms with Gasteiger partial charge in [-0.1, -0.05) is 0 Å². The molecule has 4 heterocycles. The van der Waals surface area contributed by atoms with Crippen LogP contribution in [0.1, 0.15) is 19.8 Å². The average molecular weight is 435 g/mol. The third-order valence-corrected chi connectivity index (χ3v) is 5.97. The SMILES string of the molecule is CC(=O)N1CCC2C(/C=C3\CCN(CC(F)(F)F)C3=O)=C(C(=O)[O-])N3C(=O)[C@@H]1[C@@H]23.[Na+]. The summed E-state index contributed by atoms with van der Waals surface area (Å²) in [6.45, 7) is 0.0903. The maximum absolute atomic E-state index is 12.6. The molecular formula is C18H17F3N3NaO5. The number of nitrogens with zero attached hydrogens (tertiary/aromatic N) is 3. The van der Waals surface area contributed by atoms with Gasteiger partial charge in [-0.2, -0.15) is 13.2 Å². The molecule has 3 saturated heterocycles. The molecule has 4 aliphatic rings. The average Bonchev–Trinajstić information content (AvgIpc) is 3.11. The van der Waals surface area contributed by atoms with Crippen molar-refractivity contribution in [1.29, 1.82) is 0 Å². The maximum atomic E-state index is 12.6. The summed E-state index contributed by atoms with van der Waals surface area (Å²) in [6, 6.07) is -1.32. The molecule has 3 atom stereocenters. The van der Waals surface area contributed by atoms with E-state index in [-0.39, 0.29) is 71.8 Å². The second kappa shape index (κ2) is 7.69. The van der Waals surface area contributed by atoms with Crippen LogP contribution in [0.4, 0.5) is 13.2 Å². The molecule has 1 unspecified atom stereocenters. The normalized spacial score (nSPS) is 29.3. The summed E-state index contributed by atoms with van der Waals surface area (Å²) in [5, 5.41) is 11.7. The zero-order chi connectivity index (χ0) is 21.2. The molecule has 4 rings (SSSR count). The number of hydrogen-bond acceptors (Lipinski definition) is 5. The largest absolute Gasteiger partial charge is 1.00 e. The van der Waals surface area contributed by atoms with Gasteiger partial charge in [-0.3, -0.25) is 14.4 Å². The molecule has 0 aliphatic carbocycles. The molecule has 30 heavy (non-hydrogen) atoms. The number of amides is 3. The molecule has 8 nitrogen and oxygen atoms in total. The van der Waals surface area contributed by atoms with Crippen LogP contribution in [-0.2, 0) is 19.2 Å². The van der Waals surface area contributed by atoms with E-state index in [0.717, 1.165) is 4.90 Å². The number of hydrogen-bond donors (Lipinski definition) is 0. The van der Waals surface area contributed by atoms with Crippen LogP contribution in [0.15, 0.2) is 22.9 Å². The number of carboxylic acids is 1. The number of carboxylic acid groups (broad SMARTS) is 1. The molecule has 3 fully saturated rings. The second-order valence-corrected chi connectivity index (χ2v) is 7.60. The number of carbonyl (C=O) groups is 4. The molecule has 0 aromatic rings. The standard InChI is InChI=1S/C18H18F3N3O5.Na/c1-8(25)23-5-3-10-11(13(17(28)29)24-12(10)14(23)16(24)27)6-9-2-4-22(15(9)26)7-18(19,20)21;/h6,10,12,14H,2-5,7H2,1H3,(H,28,29);/q;+1/p-1/b9-6+;/t10?,12-,14+;/m1./s1. The minimum atomic E-state index is -4.53. The number of β-lactam (4-membered cyclic amide) rings is 1. The van der Waals surface area contributed by atoms with E-state index in [2.05, 4.69) is 0 Å². The van der Waals surface area contributed by atoms with E-state index in [0.29, 0.717) is 11.3 Å². The van der Waals surface area contributed by atoms with Gasteiger partial charge in [0.2, 0.25) is 11.8 Å². The van der Waals surface area contributed by atoms with E-state index in [1.807, 2.05) is 0 Å². The monoisotopic (exact) mass is 435 g/mol. The molecule has 0 aromatic carbocycles. The van der Waals surface area contributed by atoms with Crippen molar-refractivity contribution in [1.82, 2.24) is 14.7 Å². The summed E-state index contributed by atoms with van der Waals surface area (Å²) in [4.78, 5) is 51.6. The van der Waals surface area contributed by atoms with Gasteiger partial charge in [-0.25, -0.2) is 0 Å². The third kappa shape index (κ3) is 3.46. The first kappa shape index (κ1) is 22.8. The fraction of sp³-hybridized carbons (Fsp3) is 0.556. The Labute approximate surface area is 191 Å². The van der Waals surface area contributed by atoms with E-state index in [9.17, 15) is 37.5 Å². The van der Waals surface area contributed by atoms with Crippen molar-refractivity contribution in [3.8, 4) is 0 Å². The Kier molecular flexibility index (Phi) is 5.85. The Hall–Kier alpha value is -1.85. The van der Waals surface area contributed by atoms with Crippen LogP contribution < -0.4 is 34.7 Å². The van der Waals surface area contributed by atoms with Crippen LogP contribution in [0, 0.1) is 5.92 Å². The van der Waals surface area contributed by atoms with Gasteiger partial charge < -0.3 is 24.6 Å². The van der Waals surface area contributed by atoms with Gasteiger partial charge in [0, 0.05) is 31.5 Å². The van der Waals surface area contributed by atoms with Crippen molar-refractivity contribution in [2.75, 3.05) is 19.6 Å². The second-order valence-electron chi connectivity index (χ2n) is 7.60. The Morgan fingerprint density at radius 1 is 1.23 bits per heavy atom. The molecule has 12 heteroatoms. The first-order valence-electron chi connectivity index (χ1n) is 9.13. The number of allylic oxidation sites excluding steroid dienone is 1. The smallest absolute Gasteiger partial charge is 0.543 e. The van der Waals surface area contributed by atoms with E-state index < -0.39 is 48.5 Å². The fourth-order valence-electron chi connectivity index (χ4n) is 4.81. The summed E-state index contributed by atoms with van der Waals surface area (Å²) in [5.74, 6) is -3.63. The summed E-state index contributed by atoms with van der Waals surface area (Å²) in [7, 11) is 0. The van der Waals surface area contributed by atoms with Gasteiger partial charge in [-0.05, 0) is 24.5 Å². The predicted molar refractivity (Wildman–Crippen MR) is 87.3 cm³/mol. The maximum Gasteiger partial charge on any atom is 1.00 e. The number of aliphatic carboxylic acids is 1. The van der Waals surface area contributed by atoms with Crippen molar-refractivity contribution < 1.29 is 67.0 Å². The number of likely N-dealkylation sites (tertiary alicyclic amines) is 2. The fourth-order valence-corrected chi connectivity index (χ4v) is 4.81. The van der Waals surface area contributed by atoms with Gasteiger partial charge in [0.15, 0.2) is 0 Å². The quantitative estimate of drug-likeness (QED) is 0.257. The van der Waals surface area contributed by atoms with Crippen molar-refractivity contribution in [3.63, 3.8) is 0 Å². The van der Waals surface area contributed by atoms with E-state index >= 15 is 0 Å². The molecule has 0 aromatic heterocycles. The summed E-state index contributed by atoms with van der Waals surface area (Å²) in [6.07, 6.45) is -2.80. The number of halogens is 3. The topological polar surface area (TPSA) is 101 Å². The number of rotatable bonds is 3. The molecule has 0 spiro atoms. The molecule has 3 amide bonds. The Balaban J connectivity index is 0.00000256. The van der Waals surface area contributed by atoms with Crippen molar-refractivity contribution in [2.45, 2.75) is 38.0 Å². The van der Waals surface area contributed by atoms with Crippen LogP contribution in [0.2, 0.25) is 0 Å². The van der Waals surface area contributed by atoms with Gasteiger partial charge in [0.25, 0.3) is 5.91 Å². The van der Waals surface area contributed by atoms with E-state index in [1.54, 1.807) is 0 Å². The minimum Gasteiger partial charge on any atom is -0.543 e. The third-order valence-electron chi connectivity index (χ3n) is 5.97. The molecule has 0 radical (unpaired) electrons. The molecule has 156 valence electrons. The molecule has 0 bridgehead atoms. The number of carbonyl (C=O) groups excluding carboxylic acids is 4.